The average Bonchev–Trinajstić information content (AvgIpc) is 2.55. The van der Waals surface area contributed by atoms with Gasteiger partial charge < -0.3 is 9.47 Å². The maximum atomic E-state index is 5.50. The maximum Gasteiger partial charge on any atom is 0.232 e. The standard InChI is InChI=1S/C17H22N2O2/c1-2-3-7-10-20-11-12-21-17-14-18-16(13-19-17)15-8-5-4-6-9-15/h4-6,8-9,13-14H,2-3,7,10-12H2,1H3. The highest BCUT2D eigenvalue weighted by atomic mass is 16.5. The van der Waals surface area contributed by atoms with Gasteiger partial charge in [-0.1, -0.05) is 50.1 Å². The molecule has 4 heteroatoms. The summed E-state index contributed by atoms with van der Waals surface area (Å²) in [6.07, 6.45) is 6.92. The summed E-state index contributed by atoms with van der Waals surface area (Å²) in [7, 11) is 0. The molecule has 0 saturated heterocycles. The van der Waals surface area contributed by atoms with E-state index in [0.717, 1.165) is 24.3 Å². The second-order valence-corrected chi connectivity index (χ2v) is 4.77. The van der Waals surface area contributed by atoms with Crippen LogP contribution in [0.15, 0.2) is 42.7 Å². The summed E-state index contributed by atoms with van der Waals surface area (Å²) in [4.78, 5) is 8.62. The van der Waals surface area contributed by atoms with Crippen LogP contribution < -0.4 is 4.74 Å². The zero-order valence-electron chi connectivity index (χ0n) is 12.5. The van der Waals surface area contributed by atoms with Gasteiger partial charge in [-0.15, -0.1) is 0 Å². The minimum absolute atomic E-state index is 0.505. The molecule has 0 spiro atoms. The Bertz CT molecular complexity index is 500. The Morgan fingerprint density at radius 3 is 2.48 bits per heavy atom. The second-order valence-electron chi connectivity index (χ2n) is 4.77. The molecule has 0 atom stereocenters. The topological polar surface area (TPSA) is 44.2 Å². The van der Waals surface area contributed by atoms with Gasteiger partial charge in [-0.2, -0.15) is 0 Å². The van der Waals surface area contributed by atoms with Crippen LogP contribution in [0.3, 0.4) is 0 Å². The van der Waals surface area contributed by atoms with E-state index in [4.69, 9.17) is 9.47 Å². The molecule has 1 aromatic carbocycles. The Balaban J connectivity index is 1.71. The Hall–Kier alpha value is -1.94. The summed E-state index contributed by atoms with van der Waals surface area (Å²) in [5.74, 6) is 0.534. The fourth-order valence-corrected chi connectivity index (χ4v) is 1.91. The predicted molar refractivity (Wildman–Crippen MR) is 83.3 cm³/mol. The molecular formula is C17H22N2O2. The number of nitrogens with zero attached hydrogens (tertiary/aromatic N) is 2. The van der Waals surface area contributed by atoms with Crippen molar-refractivity contribution in [2.45, 2.75) is 26.2 Å². The first-order chi connectivity index (χ1) is 10.4. The third kappa shape index (κ3) is 5.52. The highest BCUT2D eigenvalue weighted by Gasteiger charge is 2.01. The van der Waals surface area contributed by atoms with Crippen molar-refractivity contribution < 1.29 is 9.47 Å². The van der Waals surface area contributed by atoms with Gasteiger partial charge in [-0.25, -0.2) is 9.97 Å². The van der Waals surface area contributed by atoms with Gasteiger partial charge >= 0.3 is 0 Å². The minimum Gasteiger partial charge on any atom is -0.474 e. The number of hydrogen-bond acceptors (Lipinski definition) is 4. The molecule has 0 fully saturated rings. The molecule has 0 aliphatic heterocycles. The van der Waals surface area contributed by atoms with Gasteiger partial charge in [0.1, 0.15) is 6.61 Å². The van der Waals surface area contributed by atoms with Crippen LogP contribution in [0.1, 0.15) is 26.2 Å². The Morgan fingerprint density at radius 2 is 1.76 bits per heavy atom. The monoisotopic (exact) mass is 286 g/mol. The first-order valence-electron chi connectivity index (χ1n) is 7.48. The van der Waals surface area contributed by atoms with Crippen LogP contribution in [0.2, 0.25) is 0 Å². The highest BCUT2D eigenvalue weighted by molar-refractivity contribution is 5.57. The third-order valence-electron chi connectivity index (χ3n) is 3.07. The van der Waals surface area contributed by atoms with E-state index in [1.807, 2.05) is 30.3 Å². The van der Waals surface area contributed by atoms with Crippen molar-refractivity contribution in [1.82, 2.24) is 9.97 Å². The lowest BCUT2D eigenvalue weighted by atomic mass is 10.2. The summed E-state index contributed by atoms with van der Waals surface area (Å²) in [5.41, 5.74) is 1.90. The van der Waals surface area contributed by atoms with E-state index >= 15 is 0 Å². The zero-order chi connectivity index (χ0) is 14.8. The molecule has 4 nitrogen and oxygen atoms in total. The van der Waals surface area contributed by atoms with E-state index < -0.39 is 0 Å². The zero-order valence-corrected chi connectivity index (χ0v) is 12.5. The molecule has 112 valence electrons. The largest absolute Gasteiger partial charge is 0.474 e. The molecule has 0 saturated carbocycles. The molecule has 0 N–H and O–H groups in total. The lowest BCUT2D eigenvalue weighted by Crippen LogP contribution is -2.08. The van der Waals surface area contributed by atoms with Crippen LogP contribution in [-0.4, -0.2) is 29.8 Å². The van der Waals surface area contributed by atoms with E-state index in [1.165, 1.54) is 12.8 Å². The van der Waals surface area contributed by atoms with Gasteiger partial charge in [0, 0.05) is 12.2 Å². The van der Waals surface area contributed by atoms with Gasteiger partial charge in [0.05, 0.1) is 24.7 Å². The molecular weight excluding hydrogens is 264 g/mol. The molecule has 21 heavy (non-hydrogen) atoms. The van der Waals surface area contributed by atoms with Gasteiger partial charge in [0.25, 0.3) is 0 Å². The van der Waals surface area contributed by atoms with Gasteiger partial charge in [0.2, 0.25) is 5.88 Å². The molecule has 0 amide bonds. The van der Waals surface area contributed by atoms with E-state index in [-0.39, 0.29) is 0 Å². The molecule has 0 aliphatic rings. The average molecular weight is 286 g/mol. The lowest BCUT2D eigenvalue weighted by molar-refractivity contribution is 0.0957. The summed E-state index contributed by atoms with van der Waals surface area (Å²) in [5, 5.41) is 0. The van der Waals surface area contributed by atoms with Crippen molar-refractivity contribution in [3.8, 4) is 17.1 Å². The van der Waals surface area contributed by atoms with Crippen molar-refractivity contribution in [2.75, 3.05) is 19.8 Å². The first kappa shape index (κ1) is 15.4. The SMILES string of the molecule is CCCCCOCCOc1cnc(-c2ccccc2)cn1. The Kier molecular flexibility index (Phi) is 6.68. The number of aromatic nitrogens is 2. The van der Waals surface area contributed by atoms with Crippen molar-refractivity contribution in [1.29, 1.82) is 0 Å². The summed E-state index contributed by atoms with van der Waals surface area (Å²) < 4.78 is 11.0. The number of hydrogen-bond donors (Lipinski definition) is 0. The van der Waals surface area contributed by atoms with Gasteiger partial charge in [-0.05, 0) is 6.42 Å². The van der Waals surface area contributed by atoms with Crippen LogP contribution in [-0.2, 0) is 4.74 Å². The van der Waals surface area contributed by atoms with Crippen molar-refractivity contribution in [2.24, 2.45) is 0 Å². The smallest absolute Gasteiger partial charge is 0.232 e. The lowest BCUT2D eigenvalue weighted by Gasteiger charge is -2.06. The highest BCUT2D eigenvalue weighted by Crippen LogP contribution is 2.16. The first-order valence-corrected chi connectivity index (χ1v) is 7.48. The third-order valence-corrected chi connectivity index (χ3v) is 3.07. The van der Waals surface area contributed by atoms with Crippen LogP contribution in [0.25, 0.3) is 11.3 Å². The molecule has 1 heterocycles. The van der Waals surface area contributed by atoms with Crippen LogP contribution in [0.4, 0.5) is 0 Å². The minimum atomic E-state index is 0.505. The summed E-state index contributed by atoms with van der Waals surface area (Å²) in [6.45, 7) is 4.08. The second kappa shape index (κ2) is 9.08. The van der Waals surface area contributed by atoms with Crippen molar-refractivity contribution in [3.63, 3.8) is 0 Å². The molecule has 0 unspecified atom stereocenters. The fraction of sp³-hybridized carbons (Fsp3) is 0.412. The molecule has 1 aromatic heterocycles. The fourth-order valence-electron chi connectivity index (χ4n) is 1.91. The summed E-state index contributed by atoms with van der Waals surface area (Å²) in [6, 6.07) is 9.97. The van der Waals surface area contributed by atoms with Crippen LogP contribution >= 0.6 is 0 Å². The molecule has 2 rings (SSSR count). The molecule has 0 bridgehead atoms. The Morgan fingerprint density at radius 1 is 0.905 bits per heavy atom. The quantitative estimate of drug-likeness (QED) is 0.659. The van der Waals surface area contributed by atoms with Gasteiger partial charge in [0.15, 0.2) is 0 Å². The van der Waals surface area contributed by atoms with E-state index in [9.17, 15) is 0 Å². The summed E-state index contributed by atoms with van der Waals surface area (Å²) >= 11 is 0. The van der Waals surface area contributed by atoms with E-state index in [1.54, 1.807) is 12.4 Å². The Labute approximate surface area is 126 Å². The normalized spacial score (nSPS) is 10.5. The van der Waals surface area contributed by atoms with Crippen molar-refractivity contribution >= 4 is 0 Å². The molecule has 0 radical (unpaired) electrons. The van der Waals surface area contributed by atoms with Crippen LogP contribution in [0.5, 0.6) is 5.88 Å². The van der Waals surface area contributed by atoms with Crippen molar-refractivity contribution in [3.05, 3.63) is 42.7 Å². The van der Waals surface area contributed by atoms with Crippen LogP contribution in [0, 0.1) is 0 Å². The van der Waals surface area contributed by atoms with E-state index in [2.05, 4.69) is 16.9 Å². The van der Waals surface area contributed by atoms with E-state index in [0.29, 0.717) is 19.1 Å². The predicted octanol–water partition coefficient (Wildman–Crippen LogP) is 3.73. The number of benzene rings is 1. The molecule has 2 aromatic rings. The number of ether oxygens (including phenoxy) is 2. The number of rotatable bonds is 9. The maximum absolute atomic E-state index is 5.50. The van der Waals surface area contributed by atoms with Gasteiger partial charge in [-0.3, -0.25) is 0 Å². The molecule has 0 aliphatic carbocycles. The number of unbranched alkanes of at least 4 members (excludes halogenated alkanes) is 2.